The van der Waals surface area contributed by atoms with Gasteiger partial charge in [0.2, 0.25) is 0 Å². The second kappa shape index (κ2) is 7.10. The number of nitrogens with one attached hydrogen (secondary N) is 1. The molecule has 1 atom stereocenters. The first kappa shape index (κ1) is 13.8. The molecule has 0 bridgehead atoms. The SMILES string of the molecule is CCCNC(C)/C=C/c1ccc(Cl)c(Br)c1. The van der Waals surface area contributed by atoms with Crippen LogP contribution in [0.4, 0.5) is 0 Å². The maximum Gasteiger partial charge on any atom is 0.0548 e. The van der Waals surface area contributed by atoms with E-state index in [-0.39, 0.29) is 0 Å². The Balaban J connectivity index is 2.58. The van der Waals surface area contributed by atoms with Gasteiger partial charge in [-0.05, 0) is 53.5 Å². The van der Waals surface area contributed by atoms with E-state index in [1.165, 1.54) is 0 Å². The lowest BCUT2D eigenvalue weighted by Gasteiger charge is -2.07. The van der Waals surface area contributed by atoms with Crippen molar-refractivity contribution in [1.29, 1.82) is 0 Å². The van der Waals surface area contributed by atoms with Crippen molar-refractivity contribution in [3.63, 3.8) is 0 Å². The Morgan fingerprint density at radius 3 is 2.88 bits per heavy atom. The summed E-state index contributed by atoms with van der Waals surface area (Å²) in [6, 6.07) is 6.33. The van der Waals surface area contributed by atoms with Crippen LogP contribution in [0.3, 0.4) is 0 Å². The molecule has 0 aliphatic rings. The highest BCUT2D eigenvalue weighted by atomic mass is 79.9. The Hall–Kier alpha value is -0.310. The van der Waals surface area contributed by atoms with Crippen molar-refractivity contribution in [3.8, 4) is 0 Å². The smallest absolute Gasteiger partial charge is 0.0548 e. The van der Waals surface area contributed by atoms with E-state index in [2.05, 4.69) is 47.2 Å². The van der Waals surface area contributed by atoms with Crippen LogP contribution < -0.4 is 5.32 Å². The van der Waals surface area contributed by atoms with Gasteiger partial charge < -0.3 is 5.32 Å². The van der Waals surface area contributed by atoms with Crippen LogP contribution >= 0.6 is 27.5 Å². The van der Waals surface area contributed by atoms with E-state index < -0.39 is 0 Å². The second-order valence-corrected chi connectivity index (χ2v) is 5.04. The van der Waals surface area contributed by atoms with Gasteiger partial charge in [-0.15, -0.1) is 0 Å². The van der Waals surface area contributed by atoms with Crippen LogP contribution in [-0.4, -0.2) is 12.6 Å². The van der Waals surface area contributed by atoms with E-state index >= 15 is 0 Å². The third kappa shape index (κ3) is 4.69. The Kier molecular flexibility index (Phi) is 6.10. The summed E-state index contributed by atoms with van der Waals surface area (Å²) in [4.78, 5) is 0. The van der Waals surface area contributed by atoms with E-state index in [9.17, 15) is 0 Å². The van der Waals surface area contributed by atoms with Crippen LogP contribution in [-0.2, 0) is 0 Å². The van der Waals surface area contributed by atoms with Crippen molar-refractivity contribution in [2.45, 2.75) is 26.3 Å². The summed E-state index contributed by atoms with van der Waals surface area (Å²) in [5.41, 5.74) is 1.15. The highest BCUT2D eigenvalue weighted by Crippen LogP contribution is 2.23. The molecule has 1 rings (SSSR count). The minimum atomic E-state index is 0.398. The van der Waals surface area contributed by atoms with Gasteiger partial charge in [-0.1, -0.05) is 36.7 Å². The summed E-state index contributed by atoms with van der Waals surface area (Å²) < 4.78 is 0.936. The van der Waals surface area contributed by atoms with Crippen molar-refractivity contribution < 1.29 is 0 Å². The predicted octanol–water partition coefficient (Wildman–Crippen LogP) is 4.50. The minimum Gasteiger partial charge on any atom is -0.311 e. The van der Waals surface area contributed by atoms with Crippen LogP contribution in [0, 0.1) is 0 Å². The summed E-state index contributed by atoms with van der Waals surface area (Å²) in [5.74, 6) is 0. The minimum absolute atomic E-state index is 0.398. The lowest BCUT2D eigenvalue weighted by atomic mass is 10.2. The molecule has 16 heavy (non-hydrogen) atoms. The van der Waals surface area contributed by atoms with Crippen LogP contribution in [0.25, 0.3) is 6.08 Å². The van der Waals surface area contributed by atoms with Crippen molar-refractivity contribution in [1.82, 2.24) is 5.32 Å². The molecule has 0 aliphatic carbocycles. The normalized spacial score (nSPS) is 13.2. The predicted molar refractivity (Wildman–Crippen MR) is 75.9 cm³/mol. The van der Waals surface area contributed by atoms with Crippen LogP contribution in [0.2, 0.25) is 5.02 Å². The summed E-state index contributed by atoms with van der Waals surface area (Å²) in [6.45, 7) is 5.37. The molecule has 1 aromatic rings. The van der Waals surface area contributed by atoms with Crippen molar-refractivity contribution in [3.05, 3.63) is 39.3 Å². The molecule has 0 radical (unpaired) electrons. The second-order valence-electron chi connectivity index (χ2n) is 3.78. The van der Waals surface area contributed by atoms with E-state index in [0.717, 1.165) is 28.0 Å². The fourth-order valence-electron chi connectivity index (χ4n) is 1.31. The van der Waals surface area contributed by atoms with E-state index in [1.54, 1.807) is 0 Å². The number of hydrogen-bond donors (Lipinski definition) is 1. The third-order valence-electron chi connectivity index (χ3n) is 2.24. The molecule has 0 amide bonds. The van der Waals surface area contributed by atoms with E-state index in [1.807, 2.05) is 18.2 Å². The average Bonchev–Trinajstić information content (AvgIpc) is 2.28. The molecule has 0 saturated heterocycles. The molecule has 1 unspecified atom stereocenters. The van der Waals surface area contributed by atoms with Crippen LogP contribution in [0.15, 0.2) is 28.7 Å². The topological polar surface area (TPSA) is 12.0 Å². The molecule has 0 aromatic heterocycles. The number of halogens is 2. The van der Waals surface area contributed by atoms with Crippen LogP contribution in [0.5, 0.6) is 0 Å². The van der Waals surface area contributed by atoms with Gasteiger partial charge in [0.05, 0.1) is 5.02 Å². The van der Waals surface area contributed by atoms with Crippen LogP contribution in [0.1, 0.15) is 25.8 Å². The summed E-state index contributed by atoms with van der Waals surface area (Å²) in [7, 11) is 0. The molecule has 1 N–H and O–H groups in total. The molecular weight excluding hydrogens is 286 g/mol. The summed E-state index contributed by atoms with van der Waals surface area (Å²) >= 11 is 9.34. The van der Waals surface area contributed by atoms with Gasteiger partial charge in [0.15, 0.2) is 0 Å². The molecule has 0 aliphatic heterocycles. The quantitative estimate of drug-likeness (QED) is 0.844. The first-order valence-corrected chi connectivity index (χ1v) is 6.67. The number of rotatable bonds is 5. The Morgan fingerprint density at radius 1 is 1.50 bits per heavy atom. The molecule has 0 saturated carbocycles. The highest BCUT2D eigenvalue weighted by molar-refractivity contribution is 9.10. The van der Waals surface area contributed by atoms with Gasteiger partial charge in [0.25, 0.3) is 0 Å². The van der Waals surface area contributed by atoms with Crippen molar-refractivity contribution >= 4 is 33.6 Å². The fraction of sp³-hybridized carbons (Fsp3) is 0.385. The molecule has 0 heterocycles. The molecule has 3 heteroatoms. The van der Waals surface area contributed by atoms with Gasteiger partial charge in [0.1, 0.15) is 0 Å². The fourth-order valence-corrected chi connectivity index (χ4v) is 1.83. The highest BCUT2D eigenvalue weighted by Gasteiger charge is 1.97. The first-order valence-electron chi connectivity index (χ1n) is 5.50. The van der Waals surface area contributed by atoms with Gasteiger partial charge in [-0.2, -0.15) is 0 Å². The summed E-state index contributed by atoms with van der Waals surface area (Å²) in [6.07, 6.45) is 5.42. The van der Waals surface area contributed by atoms with Gasteiger partial charge >= 0.3 is 0 Å². The van der Waals surface area contributed by atoms with Gasteiger partial charge in [0, 0.05) is 10.5 Å². The molecule has 1 nitrogen and oxygen atoms in total. The first-order chi connectivity index (χ1) is 7.63. The third-order valence-corrected chi connectivity index (χ3v) is 3.45. The molecule has 0 spiro atoms. The average molecular weight is 303 g/mol. The standard InChI is InChI=1S/C13H17BrClN/c1-3-8-16-10(2)4-5-11-6-7-13(15)12(14)9-11/h4-7,9-10,16H,3,8H2,1-2H3/b5-4+. The zero-order chi connectivity index (χ0) is 12.0. The molecule has 1 aromatic carbocycles. The Labute approximate surface area is 111 Å². The van der Waals surface area contributed by atoms with Gasteiger partial charge in [-0.25, -0.2) is 0 Å². The largest absolute Gasteiger partial charge is 0.311 e. The lowest BCUT2D eigenvalue weighted by molar-refractivity contribution is 0.625. The maximum absolute atomic E-state index is 5.93. The number of hydrogen-bond acceptors (Lipinski definition) is 1. The Morgan fingerprint density at radius 2 is 2.25 bits per heavy atom. The van der Waals surface area contributed by atoms with Gasteiger partial charge in [-0.3, -0.25) is 0 Å². The van der Waals surface area contributed by atoms with E-state index in [4.69, 9.17) is 11.6 Å². The molecule has 0 fully saturated rings. The summed E-state index contributed by atoms with van der Waals surface area (Å²) in [5, 5.41) is 4.15. The lowest BCUT2D eigenvalue weighted by Crippen LogP contribution is -2.24. The maximum atomic E-state index is 5.93. The van der Waals surface area contributed by atoms with Crippen molar-refractivity contribution in [2.75, 3.05) is 6.54 Å². The zero-order valence-electron chi connectivity index (χ0n) is 9.63. The molecule has 88 valence electrons. The zero-order valence-corrected chi connectivity index (χ0v) is 12.0. The number of benzene rings is 1. The molecular formula is C13H17BrClN. The van der Waals surface area contributed by atoms with E-state index in [0.29, 0.717) is 6.04 Å². The van der Waals surface area contributed by atoms with Crippen molar-refractivity contribution in [2.24, 2.45) is 0 Å². The Bertz CT molecular complexity index is 363. The monoisotopic (exact) mass is 301 g/mol.